The Morgan fingerprint density at radius 2 is 1.14 bits per heavy atom. The first-order valence-electron chi connectivity index (χ1n) is 9.64. The van der Waals surface area contributed by atoms with Gasteiger partial charge in [-0.25, -0.2) is 0 Å². The molecule has 0 aliphatic rings. The molecule has 4 aromatic carbocycles. The molecule has 0 amide bonds. The van der Waals surface area contributed by atoms with Crippen molar-refractivity contribution in [1.82, 2.24) is 4.57 Å². The van der Waals surface area contributed by atoms with Gasteiger partial charge in [0.25, 0.3) is 0 Å². The zero-order chi connectivity index (χ0) is 18.9. The van der Waals surface area contributed by atoms with Crippen molar-refractivity contribution < 1.29 is 0 Å². The Morgan fingerprint density at radius 1 is 0.536 bits per heavy atom. The van der Waals surface area contributed by atoms with Gasteiger partial charge in [0.1, 0.15) is 0 Å². The van der Waals surface area contributed by atoms with Crippen LogP contribution in [0.25, 0.3) is 39.0 Å². The minimum atomic E-state index is 1.18. The van der Waals surface area contributed by atoms with Crippen molar-refractivity contribution in [2.45, 2.75) is 6.92 Å². The van der Waals surface area contributed by atoms with Crippen molar-refractivity contribution in [3.8, 4) is 28.1 Å². The number of rotatable bonds is 3. The van der Waals surface area contributed by atoms with Crippen molar-refractivity contribution in [2.24, 2.45) is 0 Å². The molecule has 1 nitrogen and oxygen atoms in total. The first-order valence-corrected chi connectivity index (χ1v) is 9.64. The molecule has 0 N–H and O–H groups in total. The second-order valence-corrected chi connectivity index (χ2v) is 7.14. The van der Waals surface area contributed by atoms with E-state index in [4.69, 9.17) is 0 Å². The minimum absolute atomic E-state index is 1.18. The van der Waals surface area contributed by atoms with Crippen molar-refractivity contribution in [3.05, 3.63) is 115 Å². The fraction of sp³-hybridized carbons (Fsp3) is 0.0370. The zero-order valence-electron chi connectivity index (χ0n) is 15.8. The van der Waals surface area contributed by atoms with Crippen LogP contribution in [0.1, 0.15) is 5.56 Å². The summed E-state index contributed by atoms with van der Waals surface area (Å²) in [5.74, 6) is 0. The molecule has 0 aliphatic heterocycles. The summed E-state index contributed by atoms with van der Waals surface area (Å²) in [5, 5.41) is 1.27. The normalized spacial score (nSPS) is 11.0. The van der Waals surface area contributed by atoms with E-state index < -0.39 is 0 Å². The highest BCUT2D eigenvalue weighted by Crippen LogP contribution is 2.42. The molecule has 0 spiro atoms. The molecular formula is C27H21N. The zero-order valence-corrected chi connectivity index (χ0v) is 15.8. The topological polar surface area (TPSA) is 4.93 Å². The van der Waals surface area contributed by atoms with Crippen LogP contribution in [0.2, 0.25) is 0 Å². The molecule has 0 fully saturated rings. The maximum Gasteiger partial charge on any atom is 0.0619 e. The highest BCUT2D eigenvalue weighted by atomic mass is 15.0. The van der Waals surface area contributed by atoms with Gasteiger partial charge in [-0.2, -0.15) is 0 Å². The van der Waals surface area contributed by atoms with Gasteiger partial charge >= 0.3 is 0 Å². The Kier molecular flexibility index (Phi) is 4.06. The van der Waals surface area contributed by atoms with Crippen molar-refractivity contribution in [2.75, 3.05) is 0 Å². The van der Waals surface area contributed by atoms with Crippen molar-refractivity contribution in [1.29, 1.82) is 0 Å². The molecule has 0 aliphatic carbocycles. The Bertz CT molecular complexity index is 1230. The third-order valence-electron chi connectivity index (χ3n) is 5.28. The molecule has 0 atom stereocenters. The second kappa shape index (κ2) is 6.86. The average Bonchev–Trinajstić information content (AvgIpc) is 3.11. The Balaban J connectivity index is 1.95. The number of hydrogen-bond acceptors (Lipinski definition) is 0. The second-order valence-electron chi connectivity index (χ2n) is 7.14. The van der Waals surface area contributed by atoms with Gasteiger partial charge in [-0.1, -0.05) is 96.6 Å². The number of fused-ring (bicyclic) bond motifs is 1. The van der Waals surface area contributed by atoms with E-state index in [1.54, 1.807) is 0 Å². The molecule has 134 valence electrons. The van der Waals surface area contributed by atoms with E-state index in [2.05, 4.69) is 121 Å². The van der Waals surface area contributed by atoms with E-state index in [-0.39, 0.29) is 0 Å². The van der Waals surface area contributed by atoms with Gasteiger partial charge in [0.05, 0.1) is 11.2 Å². The third kappa shape index (κ3) is 2.73. The predicted octanol–water partition coefficient (Wildman–Crippen LogP) is 7.27. The number of para-hydroxylation sites is 2. The lowest BCUT2D eigenvalue weighted by atomic mass is 9.97. The maximum absolute atomic E-state index is 2.39. The van der Waals surface area contributed by atoms with Crippen LogP contribution < -0.4 is 0 Å². The molecule has 0 saturated heterocycles. The Morgan fingerprint density at radius 3 is 1.86 bits per heavy atom. The van der Waals surface area contributed by atoms with E-state index in [0.29, 0.717) is 0 Å². The molecule has 0 radical (unpaired) electrons. The van der Waals surface area contributed by atoms with Crippen LogP contribution in [0, 0.1) is 6.92 Å². The van der Waals surface area contributed by atoms with Gasteiger partial charge in [0, 0.05) is 16.6 Å². The summed E-state index contributed by atoms with van der Waals surface area (Å²) in [5.41, 5.74) is 8.66. The Labute approximate surface area is 165 Å². The average molecular weight is 359 g/mol. The summed E-state index contributed by atoms with van der Waals surface area (Å²) in [4.78, 5) is 0. The molecule has 1 heterocycles. The lowest BCUT2D eigenvalue weighted by molar-refractivity contribution is 1.13. The molecule has 5 rings (SSSR count). The molecule has 5 aromatic rings. The van der Waals surface area contributed by atoms with Gasteiger partial charge in [0.2, 0.25) is 0 Å². The lowest BCUT2D eigenvalue weighted by Gasteiger charge is -2.13. The molecule has 0 unspecified atom stereocenters. The summed E-state index contributed by atoms with van der Waals surface area (Å²) in [7, 11) is 0. The quantitative estimate of drug-likeness (QED) is 0.319. The monoisotopic (exact) mass is 359 g/mol. The Hall–Kier alpha value is -3.58. The van der Waals surface area contributed by atoms with Crippen molar-refractivity contribution in [3.63, 3.8) is 0 Å². The van der Waals surface area contributed by atoms with E-state index in [0.717, 1.165) is 0 Å². The van der Waals surface area contributed by atoms with Crippen molar-refractivity contribution >= 4 is 10.9 Å². The summed E-state index contributed by atoms with van der Waals surface area (Å²) in [6.45, 7) is 2.13. The number of aromatic nitrogens is 1. The maximum atomic E-state index is 2.39. The first-order chi connectivity index (χ1) is 13.8. The van der Waals surface area contributed by atoms with Crippen LogP contribution in [0.4, 0.5) is 0 Å². The lowest BCUT2D eigenvalue weighted by Crippen LogP contribution is -1.97. The van der Waals surface area contributed by atoms with Crippen LogP contribution in [0.15, 0.2) is 109 Å². The van der Waals surface area contributed by atoms with Crippen LogP contribution in [0.5, 0.6) is 0 Å². The van der Waals surface area contributed by atoms with Gasteiger partial charge in [-0.05, 0) is 36.2 Å². The fourth-order valence-electron chi connectivity index (χ4n) is 3.97. The number of aryl methyl sites for hydroxylation is 1. The van der Waals surface area contributed by atoms with Crippen LogP contribution >= 0.6 is 0 Å². The summed E-state index contributed by atoms with van der Waals surface area (Å²) >= 11 is 0. The number of hydrogen-bond donors (Lipinski definition) is 0. The standard InChI is InChI=1S/C27H21N/c1-20-16-18-21(19-17-20)26-24-14-8-9-15-25(24)28(23-12-6-3-7-13-23)27(26)22-10-4-2-5-11-22/h2-19H,1H3. The van der Waals surface area contributed by atoms with Gasteiger partial charge < -0.3 is 4.57 Å². The highest BCUT2D eigenvalue weighted by molar-refractivity contribution is 6.05. The summed E-state index contributed by atoms with van der Waals surface area (Å²) in [6, 6.07) is 38.9. The largest absolute Gasteiger partial charge is 0.309 e. The van der Waals surface area contributed by atoms with Gasteiger partial charge in [-0.3, -0.25) is 0 Å². The first kappa shape index (κ1) is 16.6. The van der Waals surface area contributed by atoms with Gasteiger partial charge in [0.15, 0.2) is 0 Å². The van der Waals surface area contributed by atoms with E-state index >= 15 is 0 Å². The van der Waals surface area contributed by atoms with E-state index in [9.17, 15) is 0 Å². The van der Waals surface area contributed by atoms with Crippen LogP contribution in [-0.2, 0) is 0 Å². The highest BCUT2D eigenvalue weighted by Gasteiger charge is 2.20. The third-order valence-corrected chi connectivity index (χ3v) is 5.28. The number of nitrogens with zero attached hydrogens (tertiary/aromatic N) is 1. The van der Waals surface area contributed by atoms with Crippen LogP contribution in [0.3, 0.4) is 0 Å². The van der Waals surface area contributed by atoms with Gasteiger partial charge in [-0.15, -0.1) is 0 Å². The molecule has 1 aromatic heterocycles. The van der Waals surface area contributed by atoms with E-state index in [1.165, 1.54) is 44.5 Å². The molecule has 0 bridgehead atoms. The molecule has 0 saturated carbocycles. The summed E-state index contributed by atoms with van der Waals surface area (Å²) in [6.07, 6.45) is 0. The smallest absolute Gasteiger partial charge is 0.0619 e. The molecule has 1 heteroatoms. The minimum Gasteiger partial charge on any atom is -0.309 e. The molecule has 28 heavy (non-hydrogen) atoms. The molecular weight excluding hydrogens is 338 g/mol. The predicted molar refractivity (Wildman–Crippen MR) is 119 cm³/mol. The summed E-state index contributed by atoms with van der Waals surface area (Å²) < 4.78 is 2.39. The van der Waals surface area contributed by atoms with Crippen LogP contribution in [-0.4, -0.2) is 4.57 Å². The fourth-order valence-corrected chi connectivity index (χ4v) is 3.97. The SMILES string of the molecule is Cc1ccc(-c2c(-c3ccccc3)n(-c3ccccc3)c3ccccc23)cc1. The van der Waals surface area contributed by atoms with E-state index in [1.807, 2.05) is 0 Å². The number of benzene rings is 4.